The number of benzene rings is 2. The lowest BCUT2D eigenvalue weighted by Gasteiger charge is -2.30. The summed E-state index contributed by atoms with van der Waals surface area (Å²) in [6.45, 7) is 2.20. The first kappa shape index (κ1) is 25.6. The van der Waals surface area contributed by atoms with Crippen LogP contribution in [-0.4, -0.2) is 62.9 Å². The van der Waals surface area contributed by atoms with E-state index in [0.717, 1.165) is 47.6 Å². The molecule has 2 aromatic carbocycles. The zero-order valence-corrected chi connectivity index (χ0v) is 24.2. The normalized spacial score (nSPS) is 23.3. The van der Waals surface area contributed by atoms with Crippen LogP contribution in [-0.2, 0) is 13.1 Å². The van der Waals surface area contributed by atoms with Crippen LogP contribution in [0.1, 0.15) is 41.7 Å². The molecule has 2 aliphatic carbocycles. The molecule has 8 rings (SSSR count). The maximum absolute atomic E-state index is 14.0. The number of ether oxygens (including phenoxy) is 1. The quantitative estimate of drug-likeness (QED) is 0.305. The number of para-hydroxylation sites is 1. The van der Waals surface area contributed by atoms with Gasteiger partial charge in [-0.2, -0.15) is 0 Å². The van der Waals surface area contributed by atoms with Crippen molar-refractivity contribution in [1.29, 1.82) is 0 Å². The van der Waals surface area contributed by atoms with Gasteiger partial charge in [0.1, 0.15) is 19.1 Å². The molecule has 9 heteroatoms. The van der Waals surface area contributed by atoms with Crippen LogP contribution in [0.5, 0.6) is 5.75 Å². The van der Waals surface area contributed by atoms with Gasteiger partial charge in [-0.25, -0.2) is 4.98 Å². The number of nitrogens with two attached hydrogens (primary N) is 1. The molecule has 2 unspecified atom stereocenters. The van der Waals surface area contributed by atoms with Gasteiger partial charge in [0.25, 0.3) is 5.91 Å². The fourth-order valence-corrected chi connectivity index (χ4v) is 7.45. The van der Waals surface area contributed by atoms with Crippen LogP contribution in [0.2, 0.25) is 0 Å². The zero-order chi connectivity index (χ0) is 28.6. The van der Waals surface area contributed by atoms with E-state index in [1.165, 1.54) is 23.7 Å². The highest BCUT2D eigenvalue weighted by Gasteiger charge is 2.54. The predicted octanol–water partition coefficient (Wildman–Crippen LogP) is 4.04. The molecule has 0 spiro atoms. The van der Waals surface area contributed by atoms with E-state index < -0.39 is 0 Å². The number of nitrogens with zero attached hydrogens (tertiary/aromatic N) is 5. The van der Waals surface area contributed by atoms with E-state index in [2.05, 4.69) is 52.3 Å². The Labute approximate surface area is 245 Å². The van der Waals surface area contributed by atoms with Crippen LogP contribution in [0.15, 0.2) is 66.9 Å². The maximum Gasteiger partial charge on any atom is 0.254 e. The largest absolute Gasteiger partial charge is 0.494 e. The molecule has 1 amide bonds. The molecule has 0 radical (unpaired) electrons. The number of hydrogen-bond donors (Lipinski definition) is 1. The summed E-state index contributed by atoms with van der Waals surface area (Å²) in [6.07, 6.45) is 6.38. The van der Waals surface area contributed by atoms with E-state index in [1.807, 2.05) is 41.4 Å². The third kappa shape index (κ3) is 3.97. The van der Waals surface area contributed by atoms with Gasteiger partial charge in [-0.05, 0) is 73.9 Å². The lowest BCUT2D eigenvalue weighted by molar-refractivity contribution is 0.0697. The molecule has 3 aromatic heterocycles. The first-order chi connectivity index (χ1) is 20.4. The summed E-state index contributed by atoms with van der Waals surface area (Å²) < 4.78 is 10.6. The molecule has 212 valence electrons. The number of likely N-dealkylation sites (tertiary alicyclic amines) is 1. The second-order valence-corrected chi connectivity index (χ2v) is 12.6. The number of pyridine rings is 1. The maximum atomic E-state index is 14.0. The van der Waals surface area contributed by atoms with Gasteiger partial charge in [0, 0.05) is 47.2 Å². The van der Waals surface area contributed by atoms with Crippen molar-refractivity contribution in [2.45, 2.75) is 50.3 Å². The second kappa shape index (κ2) is 9.46. The van der Waals surface area contributed by atoms with E-state index in [4.69, 9.17) is 15.5 Å². The second-order valence-electron chi connectivity index (χ2n) is 12.6. The molecule has 2 N–H and O–H groups in total. The van der Waals surface area contributed by atoms with Gasteiger partial charge < -0.3 is 24.5 Å². The molecule has 4 heterocycles. The zero-order valence-electron chi connectivity index (χ0n) is 24.2. The average Bonchev–Trinajstić information content (AvgIpc) is 3.47. The fourth-order valence-electron chi connectivity index (χ4n) is 7.45. The number of carbonyl (C=O) groups is 1. The van der Waals surface area contributed by atoms with Crippen molar-refractivity contribution < 1.29 is 9.53 Å². The molecule has 2 saturated carbocycles. The van der Waals surface area contributed by atoms with E-state index >= 15 is 0 Å². The topological polar surface area (TPSA) is 91.2 Å². The van der Waals surface area contributed by atoms with Crippen LogP contribution in [0, 0.1) is 11.8 Å². The summed E-state index contributed by atoms with van der Waals surface area (Å²) in [5.74, 6) is 2.52. The van der Waals surface area contributed by atoms with Crippen molar-refractivity contribution >= 4 is 35.7 Å². The molecule has 8 nitrogen and oxygen atoms in total. The summed E-state index contributed by atoms with van der Waals surface area (Å²) in [5.41, 5.74) is 11.8. The van der Waals surface area contributed by atoms with Gasteiger partial charge in [0.05, 0.1) is 30.6 Å². The van der Waals surface area contributed by atoms with Crippen molar-refractivity contribution in [1.82, 2.24) is 24.0 Å². The van der Waals surface area contributed by atoms with Crippen molar-refractivity contribution in [3.63, 3.8) is 0 Å². The smallest absolute Gasteiger partial charge is 0.254 e. The van der Waals surface area contributed by atoms with E-state index in [1.54, 1.807) is 7.11 Å². The number of carbonyl (C=O) groups excluding carboxylic acids is 1. The summed E-state index contributed by atoms with van der Waals surface area (Å²) >= 11 is 0. The number of imidazole rings is 1. The summed E-state index contributed by atoms with van der Waals surface area (Å²) in [5, 5.41) is 1.20. The Balaban J connectivity index is 1.31. The molecule has 3 fully saturated rings. The SMILES string of the molecule is B[C@]1(N)C2CCC1N(C(=O)c1cc(OC)c3c(c1)nc(-c1cc4ccccc4n1CC1CC1)n3Cc1ccccn1)C2. The monoisotopic (exact) mass is 558 g/mol. The number of hydrogen-bond acceptors (Lipinski definition) is 5. The van der Waals surface area contributed by atoms with Crippen LogP contribution >= 0.6 is 0 Å². The van der Waals surface area contributed by atoms with Crippen molar-refractivity contribution in [2.24, 2.45) is 17.6 Å². The Morgan fingerprint density at radius 2 is 1.90 bits per heavy atom. The Hall–Kier alpha value is -4.11. The summed E-state index contributed by atoms with van der Waals surface area (Å²) in [4.78, 5) is 25.8. The third-order valence-corrected chi connectivity index (χ3v) is 9.94. The molecular formula is C33H35BN6O2. The summed E-state index contributed by atoms with van der Waals surface area (Å²) in [6, 6.07) is 20.6. The number of fused-ring (bicyclic) bond motifs is 4. The lowest BCUT2D eigenvalue weighted by Crippen LogP contribution is -2.52. The van der Waals surface area contributed by atoms with E-state index in [0.29, 0.717) is 36.2 Å². The van der Waals surface area contributed by atoms with Gasteiger partial charge in [0.2, 0.25) is 0 Å². The minimum Gasteiger partial charge on any atom is -0.494 e. The Morgan fingerprint density at radius 3 is 2.62 bits per heavy atom. The molecule has 3 aliphatic rings. The standard InChI is InChI=1S/C33H35BN6O2/c1-42-28-16-22(32(41)39-18-23-11-12-29(39)33(23,34)35)14-25-30(28)40(19-24-7-4-5-13-36-24)31(37-25)27-15-21-6-2-3-8-26(21)38(27)17-20-9-10-20/h2-8,13-16,20,23,29H,9-12,17-19,34-35H2,1H3/t23?,29?,33-/m0/s1. The molecule has 1 saturated heterocycles. The van der Waals surface area contributed by atoms with Crippen molar-refractivity contribution in [3.05, 3.63) is 78.1 Å². The minimum atomic E-state index is -0.337. The predicted molar refractivity (Wildman–Crippen MR) is 166 cm³/mol. The van der Waals surface area contributed by atoms with Gasteiger partial charge >= 0.3 is 0 Å². The molecule has 1 aliphatic heterocycles. The molecule has 3 atom stereocenters. The van der Waals surface area contributed by atoms with Crippen molar-refractivity contribution in [3.8, 4) is 17.3 Å². The fraction of sp³-hybridized carbons (Fsp3) is 0.364. The highest BCUT2D eigenvalue weighted by atomic mass is 16.5. The molecule has 5 aromatic rings. The number of amides is 1. The average molecular weight is 558 g/mol. The van der Waals surface area contributed by atoms with Crippen LogP contribution < -0.4 is 10.5 Å². The number of methoxy groups -OCH3 is 1. The highest BCUT2D eigenvalue weighted by Crippen LogP contribution is 2.44. The first-order valence-electron chi connectivity index (χ1n) is 15.1. The number of piperidine rings is 1. The number of aromatic nitrogens is 4. The van der Waals surface area contributed by atoms with Crippen LogP contribution in [0.3, 0.4) is 0 Å². The van der Waals surface area contributed by atoms with E-state index in [-0.39, 0.29) is 17.4 Å². The van der Waals surface area contributed by atoms with Crippen LogP contribution in [0.25, 0.3) is 33.5 Å². The Bertz CT molecular complexity index is 1840. The van der Waals surface area contributed by atoms with Gasteiger partial charge in [-0.3, -0.25) is 9.78 Å². The molecule has 2 bridgehead atoms. The Kier molecular flexibility index (Phi) is 5.76. The molecular weight excluding hydrogens is 523 g/mol. The first-order valence-corrected chi connectivity index (χ1v) is 15.1. The number of rotatable bonds is 7. The van der Waals surface area contributed by atoms with Gasteiger partial charge in [-0.15, -0.1) is 0 Å². The lowest BCUT2D eigenvalue weighted by atomic mass is 9.71. The Morgan fingerprint density at radius 1 is 1.07 bits per heavy atom. The summed E-state index contributed by atoms with van der Waals surface area (Å²) in [7, 11) is 3.76. The van der Waals surface area contributed by atoms with Gasteiger partial charge in [0.15, 0.2) is 5.82 Å². The van der Waals surface area contributed by atoms with Gasteiger partial charge in [-0.1, -0.05) is 24.3 Å². The van der Waals surface area contributed by atoms with E-state index in [9.17, 15) is 4.79 Å². The highest BCUT2D eigenvalue weighted by molar-refractivity contribution is 6.17. The minimum absolute atomic E-state index is 0.00254. The molecule has 42 heavy (non-hydrogen) atoms. The third-order valence-electron chi connectivity index (χ3n) is 9.94. The van der Waals surface area contributed by atoms with Crippen LogP contribution in [0.4, 0.5) is 0 Å². The van der Waals surface area contributed by atoms with Crippen molar-refractivity contribution in [2.75, 3.05) is 13.7 Å².